The lowest BCUT2D eigenvalue weighted by Gasteiger charge is -2.30. The van der Waals surface area contributed by atoms with Crippen molar-refractivity contribution in [2.24, 2.45) is 0 Å². The highest BCUT2D eigenvalue weighted by Crippen LogP contribution is 2.41. The lowest BCUT2D eigenvalue weighted by Crippen LogP contribution is -2.27. The van der Waals surface area contributed by atoms with Crippen LogP contribution in [0.2, 0.25) is 15.1 Å². The molecule has 0 bridgehead atoms. The molecule has 136 valence electrons. The minimum atomic E-state index is -0.0747. The van der Waals surface area contributed by atoms with Gasteiger partial charge < -0.3 is 4.57 Å². The summed E-state index contributed by atoms with van der Waals surface area (Å²) in [4.78, 5) is 5.25. The molecule has 2 aromatic carbocycles. The summed E-state index contributed by atoms with van der Waals surface area (Å²) in [6, 6.07) is 13.6. The summed E-state index contributed by atoms with van der Waals surface area (Å²) >= 11 is 20.6. The average molecular weight is 426 g/mol. The maximum Gasteiger partial charge on any atom is 0.0946 e. The summed E-state index contributed by atoms with van der Waals surface area (Å²) in [5.74, 6) is 0. The van der Waals surface area contributed by atoms with Gasteiger partial charge in [0.1, 0.15) is 0 Å². The zero-order chi connectivity index (χ0) is 18.6. The van der Waals surface area contributed by atoms with E-state index in [4.69, 9.17) is 34.8 Å². The van der Waals surface area contributed by atoms with Crippen molar-refractivity contribution >= 4 is 46.6 Å². The third kappa shape index (κ3) is 5.20. The van der Waals surface area contributed by atoms with Gasteiger partial charge in [0.2, 0.25) is 0 Å². The van der Waals surface area contributed by atoms with E-state index < -0.39 is 0 Å². The first-order valence-electron chi connectivity index (χ1n) is 8.28. The maximum absolute atomic E-state index is 6.40. The molecular weight excluding hydrogens is 407 g/mol. The number of halogens is 3. The minimum absolute atomic E-state index is 0.0747. The van der Waals surface area contributed by atoms with E-state index in [0.717, 1.165) is 34.9 Å². The second-order valence-electron chi connectivity index (χ2n) is 6.45. The summed E-state index contributed by atoms with van der Waals surface area (Å²) < 4.78 is 2.03. The van der Waals surface area contributed by atoms with Crippen LogP contribution >= 0.6 is 46.6 Å². The summed E-state index contributed by atoms with van der Waals surface area (Å²) in [6.07, 6.45) is 7.43. The number of rotatable bonds is 7. The predicted octanol–water partition coefficient (Wildman–Crippen LogP) is 7.03. The van der Waals surface area contributed by atoms with Crippen molar-refractivity contribution in [3.8, 4) is 0 Å². The summed E-state index contributed by atoms with van der Waals surface area (Å²) in [6.45, 7) is 3.08. The van der Waals surface area contributed by atoms with Gasteiger partial charge in [-0.05, 0) is 49.6 Å². The highest BCUT2D eigenvalue weighted by molar-refractivity contribution is 8.00. The lowest BCUT2D eigenvalue weighted by atomic mass is 10.00. The predicted molar refractivity (Wildman–Crippen MR) is 113 cm³/mol. The molecule has 0 aliphatic carbocycles. The van der Waals surface area contributed by atoms with Crippen molar-refractivity contribution in [1.29, 1.82) is 0 Å². The Labute approximate surface area is 173 Å². The Hall–Kier alpha value is -1.13. The fraction of sp³-hybridized carbons (Fsp3) is 0.250. The summed E-state index contributed by atoms with van der Waals surface area (Å²) in [7, 11) is 0. The third-order valence-corrected chi connectivity index (χ3v) is 6.64. The van der Waals surface area contributed by atoms with Crippen molar-refractivity contribution in [3.05, 3.63) is 81.8 Å². The van der Waals surface area contributed by atoms with Crippen LogP contribution in [0.3, 0.4) is 0 Å². The van der Waals surface area contributed by atoms with Crippen LogP contribution in [0.5, 0.6) is 0 Å². The van der Waals surface area contributed by atoms with Gasteiger partial charge in [-0.3, -0.25) is 0 Å². The topological polar surface area (TPSA) is 17.8 Å². The number of aromatic nitrogens is 2. The quantitative estimate of drug-likeness (QED) is 0.378. The molecule has 1 atom stereocenters. The van der Waals surface area contributed by atoms with Crippen LogP contribution in [0.15, 0.2) is 66.1 Å². The number of thioether (sulfide) groups is 1. The van der Waals surface area contributed by atoms with Crippen LogP contribution in [0.4, 0.5) is 0 Å². The number of aryl methyl sites for hydroxylation is 1. The fourth-order valence-corrected chi connectivity index (χ4v) is 4.86. The molecule has 2 nitrogen and oxygen atoms in total. The van der Waals surface area contributed by atoms with E-state index in [1.807, 2.05) is 42.9 Å². The molecule has 0 aliphatic rings. The van der Waals surface area contributed by atoms with Crippen LogP contribution < -0.4 is 0 Å². The highest BCUT2D eigenvalue weighted by Gasteiger charge is 2.27. The molecule has 3 rings (SSSR count). The number of hydrogen-bond acceptors (Lipinski definition) is 2. The average Bonchev–Trinajstić information content (AvgIpc) is 3.09. The third-order valence-electron chi connectivity index (χ3n) is 4.21. The minimum Gasteiger partial charge on any atom is -0.336 e. The van der Waals surface area contributed by atoms with E-state index in [1.165, 1.54) is 0 Å². The van der Waals surface area contributed by atoms with E-state index in [0.29, 0.717) is 10.0 Å². The molecule has 0 saturated carbocycles. The number of nitrogens with zero attached hydrogens (tertiary/aromatic N) is 2. The first-order chi connectivity index (χ1) is 12.5. The normalized spacial score (nSPS) is 13.5. The Balaban J connectivity index is 1.81. The van der Waals surface area contributed by atoms with Crippen molar-refractivity contribution in [2.45, 2.75) is 36.0 Å². The van der Waals surface area contributed by atoms with E-state index in [2.05, 4.69) is 22.5 Å². The van der Waals surface area contributed by atoms with Crippen molar-refractivity contribution in [2.75, 3.05) is 0 Å². The second kappa shape index (κ2) is 8.71. The van der Waals surface area contributed by atoms with Crippen LogP contribution in [0, 0.1) is 0 Å². The summed E-state index contributed by atoms with van der Waals surface area (Å²) in [5, 5.41) is 2.15. The van der Waals surface area contributed by atoms with E-state index in [9.17, 15) is 0 Å². The van der Waals surface area contributed by atoms with Crippen molar-refractivity contribution < 1.29 is 0 Å². The fourth-order valence-electron chi connectivity index (χ4n) is 2.85. The first kappa shape index (κ1) is 19.6. The molecule has 0 N–H and O–H groups in total. The van der Waals surface area contributed by atoms with Gasteiger partial charge in [0.25, 0.3) is 0 Å². The number of benzene rings is 2. The Kier molecular flexibility index (Phi) is 6.57. The second-order valence-corrected chi connectivity index (χ2v) is 9.33. The van der Waals surface area contributed by atoms with Crippen molar-refractivity contribution in [3.63, 3.8) is 0 Å². The van der Waals surface area contributed by atoms with E-state index in [1.54, 1.807) is 24.0 Å². The number of imidazole rings is 1. The molecule has 0 aliphatic heterocycles. The zero-order valence-electron chi connectivity index (χ0n) is 14.3. The van der Waals surface area contributed by atoms with Gasteiger partial charge in [-0.2, -0.15) is 0 Å². The van der Waals surface area contributed by atoms with Gasteiger partial charge >= 0.3 is 0 Å². The monoisotopic (exact) mass is 424 g/mol. The molecule has 26 heavy (non-hydrogen) atoms. The first-order valence-corrected chi connectivity index (χ1v) is 10.2. The molecule has 0 saturated heterocycles. The standard InChI is InChI=1S/C20H19Cl3N2S/c1-20(13-25-11-10-24-14-25,26-19-5-3-2-4-17(19)22)9-8-15-6-7-16(21)12-18(15)23/h2-7,10-12,14H,8-9,13H2,1H3. The Morgan fingerprint density at radius 2 is 1.88 bits per heavy atom. The molecule has 0 amide bonds. The molecule has 0 fully saturated rings. The van der Waals surface area contributed by atoms with Gasteiger partial charge in [0.05, 0.1) is 11.3 Å². The molecule has 1 heterocycles. The van der Waals surface area contributed by atoms with Crippen LogP contribution in [-0.2, 0) is 13.0 Å². The van der Waals surface area contributed by atoms with Gasteiger partial charge in [-0.1, -0.05) is 53.0 Å². The van der Waals surface area contributed by atoms with Gasteiger partial charge in [0.15, 0.2) is 0 Å². The van der Waals surface area contributed by atoms with Gasteiger partial charge in [-0.15, -0.1) is 11.8 Å². The Morgan fingerprint density at radius 3 is 2.58 bits per heavy atom. The molecular formula is C20H19Cl3N2S. The highest BCUT2D eigenvalue weighted by atomic mass is 35.5. The molecule has 1 aromatic heterocycles. The maximum atomic E-state index is 6.40. The van der Waals surface area contributed by atoms with Gasteiger partial charge in [-0.25, -0.2) is 4.98 Å². The SMILES string of the molecule is CC(CCc1ccc(Cl)cc1Cl)(Cn1ccnc1)Sc1ccccc1Cl. The Bertz CT molecular complexity index is 867. The van der Waals surface area contributed by atoms with Crippen LogP contribution in [0.1, 0.15) is 18.9 Å². The molecule has 0 spiro atoms. The van der Waals surface area contributed by atoms with Crippen molar-refractivity contribution in [1.82, 2.24) is 9.55 Å². The Morgan fingerprint density at radius 1 is 1.08 bits per heavy atom. The van der Waals surface area contributed by atoms with E-state index >= 15 is 0 Å². The van der Waals surface area contributed by atoms with Gasteiger partial charge in [0, 0.05) is 38.6 Å². The van der Waals surface area contributed by atoms with Crippen LogP contribution in [-0.4, -0.2) is 14.3 Å². The largest absolute Gasteiger partial charge is 0.336 e. The molecule has 6 heteroatoms. The lowest BCUT2D eigenvalue weighted by molar-refractivity contribution is 0.495. The van der Waals surface area contributed by atoms with E-state index in [-0.39, 0.29) is 4.75 Å². The molecule has 0 radical (unpaired) electrons. The smallest absolute Gasteiger partial charge is 0.0946 e. The number of hydrogen-bond donors (Lipinski definition) is 0. The van der Waals surface area contributed by atoms with Crippen LogP contribution in [0.25, 0.3) is 0 Å². The zero-order valence-corrected chi connectivity index (χ0v) is 17.4. The summed E-state index contributed by atoms with van der Waals surface area (Å²) in [5.41, 5.74) is 1.10. The molecule has 1 unspecified atom stereocenters. The molecule has 3 aromatic rings.